The number of rotatable bonds is 26. The largest absolute Gasteiger partial charge is 0.480 e. The Morgan fingerprint density at radius 2 is 1.04 bits per heavy atom. The maximum absolute atomic E-state index is 14.1. The minimum atomic E-state index is -1.70. The van der Waals surface area contributed by atoms with Crippen molar-refractivity contribution in [1.82, 2.24) is 62.6 Å². The van der Waals surface area contributed by atoms with Crippen molar-refractivity contribution in [3.63, 3.8) is 0 Å². The number of guanidine groups is 1. The number of aliphatic hydroxyl groups is 2. The van der Waals surface area contributed by atoms with Crippen LogP contribution >= 0.6 is 0 Å². The SMILES string of the molecule is C[C@H](NC(=O)[C@H](C)NC(=O)[C@@H]1CCCN1)C(=O)N[C@@H](C)C(=O)N[C@@H](CCCN=C(N)N)C(=O)N[C@H](C(=O)N[C@@H](C)C(=O)N1CCC[C@H]1C(=O)N1CCC[C@H]1C(=O)N[C@@H](CO)C(=O)N[C@@H](C)C(=O)N1CCC[C@H]1C(=O)O)[C@@H](C)O. The highest BCUT2D eigenvalue weighted by Gasteiger charge is 2.45. The van der Waals surface area contributed by atoms with E-state index in [9.17, 15) is 72.9 Å². The molecule has 4 saturated heterocycles. The van der Waals surface area contributed by atoms with Crippen LogP contribution in [0, 0.1) is 0 Å². The van der Waals surface area contributed by atoms with Crippen molar-refractivity contribution in [3.05, 3.63) is 0 Å². The molecule has 78 heavy (non-hydrogen) atoms. The van der Waals surface area contributed by atoms with Crippen LogP contribution in [0.5, 0.6) is 0 Å². The van der Waals surface area contributed by atoms with Crippen LogP contribution in [0.25, 0.3) is 0 Å². The molecule has 13 atom stereocenters. The highest BCUT2D eigenvalue weighted by Crippen LogP contribution is 2.26. The van der Waals surface area contributed by atoms with Crippen LogP contribution < -0.4 is 59.3 Å². The molecule has 0 aromatic carbocycles. The van der Waals surface area contributed by atoms with E-state index < -0.39 is 150 Å². The Morgan fingerprint density at radius 3 is 1.56 bits per heavy atom. The molecule has 0 bridgehead atoms. The lowest BCUT2D eigenvalue weighted by atomic mass is 10.1. The lowest BCUT2D eigenvalue weighted by molar-refractivity contribution is -0.149. The van der Waals surface area contributed by atoms with Crippen molar-refractivity contribution in [1.29, 1.82) is 0 Å². The molecule has 16 N–H and O–H groups in total. The van der Waals surface area contributed by atoms with Gasteiger partial charge < -0.3 is 89.3 Å². The topological polar surface area (TPSA) is 448 Å². The Kier molecular flexibility index (Phi) is 24.0. The fraction of sp³-hybridized carbons (Fsp3) is 0.729. The van der Waals surface area contributed by atoms with E-state index in [-0.39, 0.29) is 70.1 Å². The normalized spacial score (nSPS) is 22.4. The molecule has 4 fully saturated rings. The maximum atomic E-state index is 14.1. The van der Waals surface area contributed by atoms with Gasteiger partial charge in [-0.2, -0.15) is 0 Å². The number of nitrogens with zero attached hydrogens (tertiary/aromatic N) is 4. The maximum Gasteiger partial charge on any atom is 0.326 e. The first kappa shape index (κ1) is 63.3. The van der Waals surface area contributed by atoms with E-state index in [0.29, 0.717) is 32.2 Å². The molecular weight excluding hydrogens is 1030 g/mol. The summed E-state index contributed by atoms with van der Waals surface area (Å²) in [6.45, 7) is 8.24. The van der Waals surface area contributed by atoms with Gasteiger partial charge in [0, 0.05) is 26.2 Å². The van der Waals surface area contributed by atoms with Gasteiger partial charge in [0.15, 0.2) is 5.96 Å². The predicted octanol–water partition coefficient (Wildman–Crippen LogP) is -6.80. The molecule has 0 aromatic heterocycles. The van der Waals surface area contributed by atoms with Gasteiger partial charge in [0.2, 0.25) is 65.0 Å². The Labute approximate surface area is 451 Å². The molecule has 4 aliphatic heterocycles. The highest BCUT2D eigenvalue weighted by molar-refractivity contribution is 5.99. The van der Waals surface area contributed by atoms with Gasteiger partial charge >= 0.3 is 5.97 Å². The first-order chi connectivity index (χ1) is 36.8. The van der Waals surface area contributed by atoms with E-state index in [1.165, 1.54) is 51.3 Å². The molecule has 30 heteroatoms. The first-order valence-electron chi connectivity index (χ1n) is 26.4. The third-order valence-corrected chi connectivity index (χ3v) is 14.0. The molecule has 0 aliphatic carbocycles. The van der Waals surface area contributed by atoms with Crippen molar-refractivity contribution in [2.75, 3.05) is 39.3 Å². The molecule has 0 aromatic rings. The van der Waals surface area contributed by atoms with E-state index in [1.807, 2.05) is 0 Å². The summed E-state index contributed by atoms with van der Waals surface area (Å²) in [7, 11) is 0. The summed E-state index contributed by atoms with van der Waals surface area (Å²) in [5.41, 5.74) is 10.9. The lowest BCUT2D eigenvalue weighted by Crippen LogP contribution is -2.61. The average molecular weight is 1110 g/mol. The summed E-state index contributed by atoms with van der Waals surface area (Å²) < 4.78 is 0. The van der Waals surface area contributed by atoms with Crippen LogP contribution in [-0.2, 0) is 57.5 Å². The number of carboxylic acid groups (broad SMARTS) is 1. The number of aliphatic carboxylic acids is 1. The number of likely N-dealkylation sites (tertiary alicyclic amines) is 3. The standard InChI is InChI=1S/C48H79N15O15/c1-23(53-37(67)24(2)55-39(69)29-12-7-17-51-29)36(66)54-25(3)38(68)58-30(13-8-18-52-48(49)50)40(70)60-35(28(6)65)43(73)57-27(5)44(74)62-20-10-15-33(62)46(76)61-19-9-14-32(61)42(72)59-31(22-64)41(71)56-26(4)45(75)63-21-11-16-34(63)47(77)78/h23-35,51,64-65H,7-22H2,1-6H3,(H,53,67)(H,54,66)(H,55,69)(H,56,71)(H,57,73)(H,58,68)(H,59,72)(H,60,70)(H,77,78)(H4,49,50,52)/t23-,24-,25-,26-,27-,28+,29-,30-,31-,32-,33-,34-,35-/m0/s1. The Hall–Kier alpha value is -7.21. The van der Waals surface area contributed by atoms with Crippen LogP contribution in [0.15, 0.2) is 4.99 Å². The molecule has 436 valence electrons. The molecule has 30 nitrogen and oxygen atoms in total. The fourth-order valence-corrected chi connectivity index (χ4v) is 9.59. The predicted molar refractivity (Wildman–Crippen MR) is 275 cm³/mol. The van der Waals surface area contributed by atoms with Crippen molar-refractivity contribution in [2.24, 2.45) is 16.5 Å². The summed E-state index contributed by atoms with van der Waals surface area (Å²) in [6, 6.07) is -14.2. The number of aliphatic imine (C=N–C) groups is 1. The second-order valence-electron chi connectivity index (χ2n) is 20.2. The number of carboxylic acids is 1. The summed E-state index contributed by atoms with van der Waals surface area (Å²) in [5, 5.41) is 53.1. The van der Waals surface area contributed by atoms with Gasteiger partial charge in [-0.3, -0.25) is 57.7 Å². The van der Waals surface area contributed by atoms with Crippen molar-refractivity contribution in [2.45, 2.75) is 184 Å². The van der Waals surface area contributed by atoms with Crippen LogP contribution in [-0.4, -0.2) is 225 Å². The van der Waals surface area contributed by atoms with Crippen molar-refractivity contribution in [3.8, 4) is 0 Å². The number of nitrogens with two attached hydrogens (primary N) is 2. The zero-order valence-corrected chi connectivity index (χ0v) is 45.0. The summed E-state index contributed by atoms with van der Waals surface area (Å²) in [4.78, 5) is 166. The van der Waals surface area contributed by atoms with Gasteiger partial charge in [-0.05, 0) is 112 Å². The molecular formula is C48H79N15O15. The highest BCUT2D eigenvalue weighted by atomic mass is 16.4. The molecule has 4 rings (SSSR count). The van der Waals surface area contributed by atoms with Crippen LogP contribution in [0.2, 0.25) is 0 Å². The second kappa shape index (κ2) is 29.5. The summed E-state index contributed by atoms with van der Waals surface area (Å²) in [6.07, 6.45) is 1.73. The molecule has 0 saturated carbocycles. The zero-order valence-electron chi connectivity index (χ0n) is 45.0. The van der Waals surface area contributed by atoms with Gasteiger partial charge in [-0.15, -0.1) is 0 Å². The number of amides is 11. The zero-order chi connectivity index (χ0) is 58.1. The summed E-state index contributed by atoms with van der Waals surface area (Å²) in [5.74, 6) is -9.63. The Balaban J connectivity index is 1.34. The fourth-order valence-electron chi connectivity index (χ4n) is 9.59. The monoisotopic (exact) mass is 1110 g/mol. The van der Waals surface area contributed by atoms with Gasteiger partial charge in [0.1, 0.15) is 66.5 Å². The minimum Gasteiger partial charge on any atom is -0.480 e. The Bertz CT molecular complexity index is 2260. The van der Waals surface area contributed by atoms with E-state index >= 15 is 0 Å². The van der Waals surface area contributed by atoms with Crippen molar-refractivity contribution >= 4 is 76.9 Å². The minimum absolute atomic E-state index is 0.0265. The third kappa shape index (κ3) is 17.4. The van der Waals surface area contributed by atoms with Gasteiger partial charge in [-0.25, -0.2) is 4.79 Å². The van der Waals surface area contributed by atoms with Gasteiger partial charge in [-0.1, -0.05) is 0 Å². The Morgan fingerprint density at radius 1 is 0.551 bits per heavy atom. The molecule has 11 amide bonds. The van der Waals surface area contributed by atoms with Crippen LogP contribution in [0.1, 0.15) is 106 Å². The van der Waals surface area contributed by atoms with Crippen LogP contribution in [0.4, 0.5) is 0 Å². The quantitative estimate of drug-likeness (QED) is 0.0217. The average Bonchev–Trinajstić information content (AvgIpc) is 4.26. The van der Waals surface area contributed by atoms with Gasteiger partial charge in [0.05, 0.1) is 18.8 Å². The molecule has 0 unspecified atom stereocenters. The van der Waals surface area contributed by atoms with E-state index in [0.717, 1.165) is 11.3 Å². The van der Waals surface area contributed by atoms with E-state index in [4.69, 9.17) is 11.5 Å². The number of carbonyl (C=O) groups excluding carboxylic acids is 11. The number of carbonyl (C=O) groups is 12. The van der Waals surface area contributed by atoms with E-state index in [2.05, 4.69) is 52.8 Å². The summed E-state index contributed by atoms with van der Waals surface area (Å²) >= 11 is 0. The molecule has 0 radical (unpaired) electrons. The second-order valence-corrected chi connectivity index (χ2v) is 20.2. The van der Waals surface area contributed by atoms with Gasteiger partial charge in [0.25, 0.3) is 0 Å². The van der Waals surface area contributed by atoms with Crippen molar-refractivity contribution < 1.29 is 72.9 Å². The molecule has 4 heterocycles. The number of aliphatic hydroxyl groups excluding tert-OH is 2. The van der Waals surface area contributed by atoms with Crippen LogP contribution in [0.3, 0.4) is 0 Å². The lowest BCUT2D eigenvalue weighted by Gasteiger charge is -2.33. The first-order valence-corrected chi connectivity index (χ1v) is 26.4. The number of hydrogen-bond donors (Lipinski definition) is 14. The third-order valence-electron chi connectivity index (χ3n) is 14.0. The smallest absolute Gasteiger partial charge is 0.326 e. The molecule has 4 aliphatic rings. The molecule has 0 spiro atoms. The van der Waals surface area contributed by atoms with E-state index in [1.54, 1.807) is 0 Å². The number of nitrogens with one attached hydrogen (secondary N) is 9. The number of hydrogen-bond acceptors (Lipinski definition) is 16.